The highest BCUT2D eigenvalue weighted by Crippen LogP contribution is 2.36. The Morgan fingerprint density at radius 2 is 1.74 bits per heavy atom. The molecule has 1 amide bonds. The highest BCUT2D eigenvalue weighted by molar-refractivity contribution is 5.70. The Kier molecular flexibility index (Phi) is 5.12. The van der Waals surface area contributed by atoms with Crippen LogP contribution in [0.4, 0.5) is 9.18 Å². The van der Waals surface area contributed by atoms with Crippen molar-refractivity contribution in [3.05, 3.63) is 71.0 Å². The molecule has 4 rings (SSSR count). The molecule has 0 unspecified atom stereocenters. The standard InChI is InChI=1S/C22H25FN2O2/c1-24-13-11-19(12-14-24)27-22(26)25-15-10-16-4-2-3-5-20(16)21(25)17-6-8-18(23)9-7-17/h2-9,19,21H,10-15H2,1H3/t21-/m0/s1. The number of halogens is 1. The number of carbonyl (C=O) groups is 1. The van der Waals surface area contributed by atoms with Crippen molar-refractivity contribution in [2.45, 2.75) is 31.4 Å². The molecule has 4 nitrogen and oxygen atoms in total. The lowest BCUT2D eigenvalue weighted by atomic mass is 9.88. The number of rotatable bonds is 2. The van der Waals surface area contributed by atoms with Crippen LogP contribution in [0.3, 0.4) is 0 Å². The van der Waals surface area contributed by atoms with E-state index in [0.717, 1.165) is 43.5 Å². The summed E-state index contributed by atoms with van der Waals surface area (Å²) in [5.41, 5.74) is 3.23. The number of hydrogen-bond donors (Lipinski definition) is 0. The number of ether oxygens (including phenoxy) is 1. The van der Waals surface area contributed by atoms with E-state index < -0.39 is 0 Å². The molecule has 5 heteroatoms. The van der Waals surface area contributed by atoms with Crippen LogP contribution in [-0.2, 0) is 11.2 Å². The Bertz CT molecular complexity index is 800. The lowest BCUT2D eigenvalue weighted by Crippen LogP contribution is -2.44. The number of hydrogen-bond acceptors (Lipinski definition) is 3. The molecule has 0 aromatic heterocycles. The van der Waals surface area contributed by atoms with Crippen molar-refractivity contribution in [2.24, 2.45) is 0 Å². The smallest absolute Gasteiger partial charge is 0.410 e. The van der Waals surface area contributed by atoms with Gasteiger partial charge in [-0.1, -0.05) is 36.4 Å². The van der Waals surface area contributed by atoms with Crippen molar-refractivity contribution in [3.8, 4) is 0 Å². The van der Waals surface area contributed by atoms with E-state index in [1.54, 1.807) is 17.0 Å². The third kappa shape index (κ3) is 3.83. The van der Waals surface area contributed by atoms with Crippen LogP contribution in [0, 0.1) is 5.82 Å². The summed E-state index contributed by atoms with van der Waals surface area (Å²) in [7, 11) is 2.09. The summed E-state index contributed by atoms with van der Waals surface area (Å²) in [5, 5.41) is 0. The average molecular weight is 368 g/mol. The molecule has 2 aromatic rings. The van der Waals surface area contributed by atoms with E-state index in [2.05, 4.69) is 24.1 Å². The van der Waals surface area contributed by atoms with Crippen LogP contribution in [0.2, 0.25) is 0 Å². The number of benzene rings is 2. The van der Waals surface area contributed by atoms with E-state index in [0.29, 0.717) is 6.54 Å². The molecular weight excluding hydrogens is 343 g/mol. The number of nitrogens with zero attached hydrogens (tertiary/aromatic N) is 2. The van der Waals surface area contributed by atoms with Crippen molar-refractivity contribution in [2.75, 3.05) is 26.7 Å². The minimum atomic E-state index is -0.275. The highest BCUT2D eigenvalue weighted by atomic mass is 19.1. The minimum absolute atomic E-state index is 0.0280. The van der Waals surface area contributed by atoms with E-state index in [1.165, 1.54) is 17.7 Å². The Morgan fingerprint density at radius 3 is 2.48 bits per heavy atom. The van der Waals surface area contributed by atoms with Crippen LogP contribution >= 0.6 is 0 Å². The second-order valence-corrected chi connectivity index (χ2v) is 7.48. The summed E-state index contributed by atoms with van der Waals surface area (Å²) < 4.78 is 19.3. The van der Waals surface area contributed by atoms with E-state index in [9.17, 15) is 9.18 Å². The third-order valence-corrected chi connectivity index (χ3v) is 5.64. The zero-order valence-electron chi connectivity index (χ0n) is 15.6. The third-order valence-electron chi connectivity index (χ3n) is 5.64. The lowest BCUT2D eigenvalue weighted by molar-refractivity contribution is 0.0262. The first-order valence-electron chi connectivity index (χ1n) is 9.61. The van der Waals surface area contributed by atoms with Crippen molar-refractivity contribution in [1.29, 1.82) is 0 Å². The summed E-state index contributed by atoms with van der Waals surface area (Å²) in [6, 6.07) is 14.3. The summed E-state index contributed by atoms with van der Waals surface area (Å²) in [6.07, 6.45) is 2.24. The normalized spacial score (nSPS) is 21.0. The first-order valence-corrected chi connectivity index (χ1v) is 9.61. The van der Waals surface area contributed by atoms with Gasteiger partial charge in [-0.15, -0.1) is 0 Å². The molecule has 27 heavy (non-hydrogen) atoms. The molecule has 2 aromatic carbocycles. The second-order valence-electron chi connectivity index (χ2n) is 7.48. The monoisotopic (exact) mass is 368 g/mol. The zero-order valence-corrected chi connectivity index (χ0v) is 15.6. The van der Waals surface area contributed by atoms with Gasteiger partial charge in [0.05, 0.1) is 6.04 Å². The molecule has 1 fully saturated rings. The van der Waals surface area contributed by atoms with Crippen LogP contribution in [0.25, 0.3) is 0 Å². The molecule has 0 aliphatic carbocycles. The van der Waals surface area contributed by atoms with Crippen LogP contribution in [-0.4, -0.2) is 48.7 Å². The summed E-state index contributed by atoms with van der Waals surface area (Å²) in [6.45, 7) is 2.49. The predicted octanol–water partition coefficient (Wildman–Crippen LogP) is 4.00. The van der Waals surface area contributed by atoms with Crippen LogP contribution < -0.4 is 0 Å². The number of likely N-dealkylation sites (tertiary alicyclic amines) is 1. The average Bonchev–Trinajstić information content (AvgIpc) is 2.69. The van der Waals surface area contributed by atoms with E-state index in [-0.39, 0.29) is 24.1 Å². The fourth-order valence-corrected chi connectivity index (χ4v) is 4.08. The number of amides is 1. The van der Waals surface area contributed by atoms with Gasteiger partial charge in [-0.05, 0) is 55.1 Å². The Morgan fingerprint density at radius 1 is 1.04 bits per heavy atom. The van der Waals surface area contributed by atoms with Gasteiger partial charge in [0.2, 0.25) is 0 Å². The van der Waals surface area contributed by atoms with Gasteiger partial charge in [-0.3, -0.25) is 4.90 Å². The largest absolute Gasteiger partial charge is 0.446 e. The minimum Gasteiger partial charge on any atom is -0.446 e. The Hall–Kier alpha value is -2.40. The molecule has 0 bridgehead atoms. The molecule has 2 aliphatic heterocycles. The van der Waals surface area contributed by atoms with E-state index in [1.807, 2.05) is 12.1 Å². The number of carbonyl (C=O) groups excluding carboxylic acids is 1. The maximum atomic E-state index is 13.4. The first-order chi connectivity index (χ1) is 13.1. The maximum absolute atomic E-state index is 13.4. The van der Waals surface area contributed by atoms with Crippen LogP contribution in [0.1, 0.15) is 35.6 Å². The van der Waals surface area contributed by atoms with Gasteiger partial charge < -0.3 is 9.64 Å². The van der Waals surface area contributed by atoms with Gasteiger partial charge in [0.1, 0.15) is 11.9 Å². The van der Waals surface area contributed by atoms with E-state index in [4.69, 9.17) is 4.74 Å². The molecule has 1 atom stereocenters. The summed E-state index contributed by atoms with van der Waals surface area (Å²) in [5.74, 6) is -0.275. The second kappa shape index (κ2) is 7.69. The molecule has 1 saturated heterocycles. The maximum Gasteiger partial charge on any atom is 0.410 e. The van der Waals surface area contributed by atoms with Crippen molar-refractivity contribution in [1.82, 2.24) is 9.80 Å². The quantitative estimate of drug-likeness (QED) is 0.803. The molecular formula is C22H25FN2O2. The molecule has 2 aliphatic rings. The van der Waals surface area contributed by atoms with Gasteiger partial charge in [0, 0.05) is 19.6 Å². The molecule has 0 N–H and O–H groups in total. The van der Waals surface area contributed by atoms with Gasteiger partial charge in [0.25, 0.3) is 0 Å². The van der Waals surface area contributed by atoms with Crippen molar-refractivity contribution in [3.63, 3.8) is 0 Å². The van der Waals surface area contributed by atoms with Crippen LogP contribution in [0.5, 0.6) is 0 Å². The van der Waals surface area contributed by atoms with Gasteiger partial charge in [-0.25, -0.2) is 9.18 Å². The fraction of sp³-hybridized carbons (Fsp3) is 0.409. The van der Waals surface area contributed by atoms with Crippen molar-refractivity contribution >= 4 is 6.09 Å². The molecule has 0 saturated carbocycles. The number of fused-ring (bicyclic) bond motifs is 1. The summed E-state index contributed by atoms with van der Waals surface area (Å²) >= 11 is 0. The van der Waals surface area contributed by atoms with Gasteiger partial charge >= 0.3 is 6.09 Å². The molecule has 0 spiro atoms. The van der Waals surface area contributed by atoms with E-state index >= 15 is 0 Å². The van der Waals surface area contributed by atoms with Crippen LogP contribution in [0.15, 0.2) is 48.5 Å². The molecule has 2 heterocycles. The SMILES string of the molecule is CN1CCC(OC(=O)N2CCc3ccccc3[C@@H]2c2ccc(F)cc2)CC1. The number of piperidine rings is 1. The molecule has 0 radical (unpaired) electrons. The zero-order chi connectivity index (χ0) is 18.8. The molecule has 142 valence electrons. The first kappa shape index (κ1) is 18.0. The highest BCUT2D eigenvalue weighted by Gasteiger charge is 2.34. The lowest BCUT2D eigenvalue weighted by Gasteiger charge is -2.38. The fourth-order valence-electron chi connectivity index (χ4n) is 4.08. The van der Waals surface area contributed by atoms with Gasteiger partial charge in [0.15, 0.2) is 0 Å². The predicted molar refractivity (Wildman–Crippen MR) is 102 cm³/mol. The Balaban J connectivity index is 1.60. The summed E-state index contributed by atoms with van der Waals surface area (Å²) in [4.78, 5) is 17.1. The van der Waals surface area contributed by atoms with Gasteiger partial charge in [-0.2, -0.15) is 0 Å². The topological polar surface area (TPSA) is 32.8 Å². The Labute approximate surface area is 159 Å². The van der Waals surface area contributed by atoms with Crippen molar-refractivity contribution < 1.29 is 13.9 Å².